The Balaban J connectivity index is 2.19. The van der Waals surface area contributed by atoms with Crippen molar-refractivity contribution >= 4 is 5.78 Å². The van der Waals surface area contributed by atoms with Gasteiger partial charge in [-0.15, -0.1) is 0 Å². The van der Waals surface area contributed by atoms with Gasteiger partial charge in [0.1, 0.15) is 18.7 Å². The minimum Gasteiger partial charge on any atom is -0.498 e. The quantitative estimate of drug-likeness (QED) is 0.459. The van der Waals surface area contributed by atoms with Crippen molar-refractivity contribution in [1.29, 1.82) is 0 Å². The fourth-order valence-electron chi connectivity index (χ4n) is 3.47. The van der Waals surface area contributed by atoms with Gasteiger partial charge in [0.25, 0.3) is 0 Å². The Labute approximate surface area is 125 Å². The molecule has 0 aliphatic heterocycles. The first-order valence-corrected chi connectivity index (χ1v) is 7.26. The monoisotopic (exact) mass is 296 g/mol. The lowest BCUT2D eigenvalue weighted by molar-refractivity contribution is -0.134. The second kappa shape index (κ2) is 6.73. The van der Waals surface area contributed by atoms with Gasteiger partial charge in [-0.25, -0.2) is 0 Å². The highest BCUT2D eigenvalue weighted by Gasteiger charge is 2.53. The molecule has 2 aliphatic rings. The Bertz CT molecular complexity index is 442. The number of hydrogen-bond donors (Lipinski definition) is 1. The third-order valence-corrected chi connectivity index (χ3v) is 4.79. The molecular formula is C16H24O5. The van der Waals surface area contributed by atoms with E-state index in [1.54, 1.807) is 7.11 Å². The Morgan fingerprint density at radius 1 is 1.43 bits per heavy atom. The highest BCUT2D eigenvalue weighted by molar-refractivity contribution is 5.94. The van der Waals surface area contributed by atoms with E-state index in [0.717, 1.165) is 6.42 Å². The van der Waals surface area contributed by atoms with Crippen molar-refractivity contribution in [1.82, 2.24) is 0 Å². The number of ketones is 1. The van der Waals surface area contributed by atoms with Crippen LogP contribution in [-0.2, 0) is 19.0 Å². The van der Waals surface area contributed by atoms with Crippen LogP contribution in [0.2, 0.25) is 0 Å². The second-order valence-corrected chi connectivity index (χ2v) is 5.85. The van der Waals surface area contributed by atoms with Crippen LogP contribution < -0.4 is 0 Å². The highest BCUT2D eigenvalue weighted by Crippen LogP contribution is 2.50. The molecule has 0 aromatic carbocycles. The zero-order chi connectivity index (χ0) is 15.5. The van der Waals surface area contributed by atoms with Crippen LogP contribution in [0, 0.1) is 17.3 Å². The number of fused-ring (bicyclic) bond motifs is 1. The summed E-state index contributed by atoms with van der Waals surface area (Å²) in [5.41, 5.74) is -0.553. The molecule has 0 bridgehead atoms. The molecule has 0 unspecified atom stereocenters. The van der Waals surface area contributed by atoms with Gasteiger partial charge >= 0.3 is 0 Å². The third-order valence-electron chi connectivity index (χ3n) is 4.79. The maximum absolute atomic E-state index is 12.3. The molecule has 4 atom stereocenters. The number of aliphatic hydroxyl groups is 1. The van der Waals surface area contributed by atoms with Crippen LogP contribution in [0.1, 0.15) is 19.8 Å². The number of rotatable bonds is 6. The fourth-order valence-corrected chi connectivity index (χ4v) is 3.47. The van der Waals surface area contributed by atoms with Crippen LogP contribution >= 0.6 is 0 Å². The summed E-state index contributed by atoms with van der Waals surface area (Å²) >= 11 is 0. The van der Waals surface area contributed by atoms with Gasteiger partial charge in [-0.05, 0) is 18.8 Å². The lowest BCUT2D eigenvalue weighted by Gasteiger charge is -2.49. The van der Waals surface area contributed by atoms with Crippen molar-refractivity contribution in [3.8, 4) is 0 Å². The first kappa shape index (κ1) is 16.2. The molecule has 0 heterocycles. The molecule has 0 amide bonds. The van der Waals surface area contributed by atoms with Crippen LogP contribution in [-0.4, -0.2) is 44.6 Å². The van der Waals surface area contributed by atoms with Crippen molar-refractivity contribution in [3.05, 3.63) is 24.0 Å². The van der Waals surface area contributed by atoms with Crippen LogP contribution in [0.4, 0.5) is 0 Å². The van der Waals surface area contributed by atoms with Gasteiger partial charge in [0, 0.05) is 24.5 Å². The maximum atomic E-state index is 12.3. The van der Waals surface area contributed by atoms with Crippen molar-refractivity contribution in [2.24, 2.45) is 17.3 Å². The van der Waals surface area contributed by atoms with Gasteiger partial charge in [0.15, 0.2) is 5.78 Å². The standard InChI is InChI=1S/C16H24O5/c1-16-11(7-8-21-10-19-2)5-4-6-12(16)13(17)9-14(20-3)15(16)18/h4-5,9,11-12,15,18H,6-8,10H2,1-3H3/t11-,12+,15+,16+/m1/s1. The van der Waals surface area contributed by atoms with Crippen molar-refractivity contribution in [2.75, 3.05) is 27.6 Å². The number of carbonyl (C=O) groups excluding carboxylic acids is 1. The summed E-state index contributed by atoms with van der Waals surface area (Å²) in [6.45, 7) is 2.75. The van der Waals surface area contributed by atoms with E-state index in [9.17, 15) is 9.90 Å². The van der Waals surface area contributed by atoms with Crippen LogP contribution in [0.15, 0.2) is 24.0 Å². The largest absolute Gasteiger partial charge is 0.498 e. The van der Waals surface area contributed by atoms with Crippen molar-refractivity contribution in [2.45, 2.75) is 25.9 Å². The van der Waals surface area contributed by atoms with E-state index in [1.165, 1.54) is 13.2 Å². The summed E-state index contributed by atoms with van der Waals surface area (Å²) in [5, 5.41) is 10.7. The minimum absolute atomic E-state index is 0.0341. The van der Waals surface area contributed by atoms with Gasteiger partial charge in [-0.3, -0.25) is 4.79 Å². The minimum atomic E-state index is -0.775. The Kier molecular flexibility index (Phi) is 5.19. The number of carbonyl (C=O) groups is 1. The molecular weight excluding hydrogens is 272 g/mol. The Morgan fingerprint density at radius 2 is 2.19 bits per heavy atom. The zero-order valence-corrected chi connectivity index (χ0v) is 12.9. The Morgan fingerprint density at radius 3 is 2.86 bits per heavy atom. The summed E-state index contributed by atoms with van der Waals surface area (Å²) in [6.07, 6.45) is 6.17. The SMILES string of the molecule is COCOCC[C@H]1C=CC[C@H]2C(=O)C=C(OC)[C@H](O)[C@@]12C. The average molecular weight is 296 g/mol. The summed E-state index contributed by atoms with van der Waals surface area (Å²) in [6, 6.07) is 0. The van der Waals surface area contributed by atoms with Crippen LogP contribution in [0.5, 0.6) is 0 Å². The first-order chi connectivity index (χ1) is 10.1. The van der Waals surface area contributed by atoms with Crippen LogP contribution in [0.25, 0.3) is 0 Å². The number of allylic oxidation sites excluding steroid dienone is 3. The molecule has 5 nitrogen and oxygen atoms in total. The molecule has 2 rings (SSSR count). The lowest BCUT2D eigenvalue weighted by Crippen LogP contribution is -2.52. The molecule has 0 aromatic rings. The molecule has 1 N–H and O–H groups in total. The molecule has 118 valence electrons. The van der Waals surface area contributed by atoms with Gasteiger partial charge < -0.3 is 19.3 Å². The van der Waals surface area contributed by atoms with E-state index in [4.69, 9.17) is 14.2 Å². The van der Waals surface area contributed by atoms with E-state index in [0.29, 0.717) is 18.8 Å². The Hall–Kier alpha value is -1.17. The van der Waals surface area contributed by atoms with E-state index < -0.39 is 11.5 Å². The summed E-state index contributed by atoms with van der Waals surface area (Å²) in [4.78, 5) is 12.3. The second-order valence-electron chi connectivity index (χ2n) is 5.85. The molecule has 0 saturated carbocycles. The molecule has 0 saturated heterocycles. The predicted octanol–water partition coefficient (Wildman–Crippen LogP) is 1.67. The molecule has 21 heavy (non-hydrogen) atoms. The normalized spacial score (nSPS) is 35.3. The van der Waals surface area contributed by atoms with E-state index in [-0.39, 0.29) is 24.4 Å². The topological polar surface area (TPSA) is 65.0 Å². The summed E-state index contributed by atoms with van der Waals surface area (Å²) in [7, 11) is 3.07. The average Bonchev–Trinajstić information content (AvgIpc) is 2.48. The van der Waals surface area contributed by atoms with E-state index in [1.807, 2.05) is 13.0 Å². The van der Waals surface area contributed by atoms with Gasteiger partial charge in [0.2, 0.25) is 0 Å². The van der Waals surface area contributed by atoms with Gasteiger partial charge in [-0.2, -0.15) is 0 Å². The van der Waals surface area contributed by atoms with Crippen LogP contribution in [0.3, 0.4) is 0 Å². The maximum Gasteiger partial charge on any atom is 0.163 e. The zero-order valence-electron chi connectivity index (χ0n) is 12.9. The molecule has 5 heteroatoms. The number of methoxy groups -OCH3 is 2. The van der Waals surface area contributed by atoms with Crippen molar-refractivity contribution < 1.29 is 24.1 Å². The molecule has 0 fully saturated rings. The smallest absolute Gasteiger partial charge is 0.163 e. The number of hydrogen-bond acceptors (Lipinski definition) is 5. The van der Waals surface area contributed by atoms with Gasteiger partial charge in [-0.1, -0.05) is 19.1 Å². The van der Waals surface area contributed by atoms with E-state index >= 15 is 0 Å². The number of ether oxygens (including phenoxy) is 3. The molecule has 2 aliphatic carbocycles. The van der Waals surface area contributed by atoms with E-state index in [2.05, 4.69) is 6.08 Å². The fraction of sp³-hybridized carbons (Fsp3) is 0.688. The molecule has 0 spiro atoms. The predicted molar refractivity (Wildman–Crippen MR) is 77.4 cm³/mol. The summed E-state index contributed by atoms with van der Waals surface area (Å²) in [5.74, 6) is 0.249. The highest BCUT2D eigenvalue weighted by atomic mass is 16.7. The van der Waals surface area contributed by atoms with Gasteiger partial charge in [0.05, 0.1) is 13.7 Å². The lowest BCUT2D eigenvalue weighted by atomic mass is 9.56. The molecule has 0 aromatic heterocycles. The third kappa shape index (κ3) is 2.91. The first-order valence-electron chi connectivity index (χ1n) is 7.26. The number of aliphatic hydroxyl groups excluding tert-OH is 1. The summed E-state index contributed by atoms with van der Waals surface area (Å²) < 4.78 is 15.4. The van der Waals surface area contributed by atoms with Crippen molar-refractivity contribution in [3.63, 3.8) is 0 Å². The molecule has 0 radical (unpaired) electrons.